The van der Waals surface area contributed by atoms with Crippen molar-refractivity contribution in [2.45, 2.75) is 37.9 Å². The highest BCUT2D eigenvalue weighted by Gasteiger charge is 2.35. The molecule has 0 unspecified atom stereocenters. The average Bonchev–Trinajstić information content (AvgIpc) is 3.23. The Morgan fingerprint density at radius 1 is 1.10 bits per heavy atom. The smallest absolute Gasteiger partial charge is 0.382 e. The number of nitrogens with zero attached hydrogens (tertiary/aromatic N) is 3. The predicted octanol–water partition coefficient (Wildman–Crippen LogP) is 4.92. The molecule has 4 rings (SSSR count). The largest absolute Gasteiger partial charge is 0.417 e. The van der Waals surface area contributed by atoms with E-state index < -0.39 is 11.7 Å². The van der Waals surface area contributed by atoms with Crippen LogP contribution in [0.1, 0.15) is 31.4 Å². The van der Waals surface area contributed by atoms with Crippen LogP contribution in [0.25, 0.3) is 16.3 Å². The summed E-state index contributed by atoms with van der Waals surface area (Å²) in [4.78, 5) is 8.78. The fourth-order valence-electron chi connectivity index (χ4n) is 4.23. The average molecular weight is 404 g/mol. The van der Waals surface area contributed by atoms with Gasteiger partial charge in [-0.3, -0.25) is 0 Å². The number of hydrogen-bond acceptors (Lipinski definition) is 4. The zero-order chi connectivity index (χ0) is 20.6. The molecule has 4 nitrogen and oxygen atoms in total. The highest BCUT2D eigenvalue weighted by atomic mass is 19.4. The van der Waals surface area contributed by atoms with Crippen LogP contribution >= 0.6 is 0 Å². The number of aromatic nitrogens is 1. The number of allylic oxidation sites excluding steroid dienone is 1. The normalized spacial score (nSPS) is 19.1. The topological polar surface area (TPSA) is 31.4 Å². The third-order valence-corrected chi connectivity index (χ3v) is 6.00. The Morgan fingerprint density at radius 3 is 2.45 bits per heavy atom. The monoisotopic (exact) mass is 404 g/mol. The first-order valence-corrected chi connectivity index (χ1v) is 10.2. The molecule has 2 fully saturated rings. The molecule has 0 bridgehead atoms. The molecule has 3 heterocycles. The maximum absolute atomic E-state index is 13.5. The van der Waals surface area contributed by atoms with E-state index in [4.69, 9.17) is 0 Å². The molecule has 0 saturated carbocycles. The van der Waals surface area contributed by atoms with Crippen LogP contribution in [0.4, 0.5) is 24.7 Å². The quantitative estimate of drug-likeness (QED) is 0.784. The number of pyridine rings is 1. The third-order valence-electron chi connectivity index (χ3n) is 6.00. The minimum Gasteiger partial charge on any atom is -0.382 e. The lowest BCUT2D eigenvalue weighted by molar-refractivity contribution is -0.0688. The van der Waals surface area contributed by atoms with Gasteiger partial charge in [-0.1, -0.05) is 18.7 Å². The van der Waals surface area contributed by atoms with Crippen LogP contribution in [0, 0.1) is 0 Å². The van der Waals surface area contributed by atoms with Gasteiger partial charge < -0.3 is 15.1 Å². The Balaban J connectivity index is 1.78. The van der Waals surface area contributed by atoms with E-state index in [9.17, 15) is 13.2 Å². The molecule has 0 spiro atoms. The molecule has 0 aliphatic carbocycles. The summed E-state index contributed by atoms with van der Waals surface area (Å²) in [5.74, 6) is 0.605. The number of alkyl halides is 3. The Hall–Kier alpha value is -2.28. The van der Waals surface area contributed by atoms with Gasteiger partial charge in [0.1, 0.15) is 5.82 Å². The van der Waals surface area contributed by atoms with Crippen LogP contribution in [0.15, 0.2) is 30.8 Å². The summed E-state index contributed by atoms with van der Waals surface area (Å²) >= 11 is 0. The Labute approximate surface area is 169 Å². The zero-order valence-electron chi connectivity index (χ0n) is 16.7. The summed E-state index contributed by atoms with van der Waals surface area (Å²) in [6.07, 6.45) is -0.422. The van der Waals surface area contributed by atoms with Gasteiger partial charge in [0.15, 0.2) is 0 Å². The predicted molar refractivity (Wildman–Crippen MR) is 112 cm³/mol. The van der Waals surface area contributed by atoms with Crippen LogP contribution in [-0.2, 0) is 0 Å². The molecule has 29 heavy (non-hydrogen) atoms. The summed E-state index contributed by atoms with van der Waals surface area (Å²) in [6.45, 7) is 7.00. The summed E-state index contributed by atoms with van der Waals surface area (Å²) in [7, 11) is 2.11. The summed E-state index contributed by atoms with van der Waals surface area (Å²) < 4.78 is 40.5. The summed E-state index contributed by atoms with van der Waals surface area (Å²) in [6, 6.07) is 7.71. The van der Waals surface area contributed by atoms with E-state index in [1.165, 1.54) is 0 Å². The number of rotatable bonds is 4. The van der Waals surface area contributed by atoms with Crippen molar-refractivity contribution in [3.8, 4) is 0 Å². The zero-order valence-corrected chi connectivity index (χ0v) is 16.7. The van der Waals surface area contributed by atoms with Gasteiger partial charge in [0.25, 0.3) is 0 Å². The van der Waals surface area contributed by atoms with Gasteiger partial charge in [0.05, 0.1) is 11.3 Å². The molecule has 1 aromatic heterocycles. The van der Waals surface area contributed by atoms with Gasteiger partial charge in [-0.05, 0) is 58.0 Å². The second kappa shape index (κ2) is 7.86. The second-order valence-electron chi connectivity index (χ2n) is 8.12. The van der Waals surface area contributed by atoms with Crippen molar-refractivity contribution in [3.63, 3.8) is 0 Å². The van der Waals surface area contributed by atoms with Gasteiger partial charge in [-0.25, -0.2) is 4.98 Å². The molecule has 0 radical (unpaired) electrons. The standard InChI is InChI=1S/C22H27F3N4/c1-15(22(23,24)25)21-17-6-5-7-19(26-16-8-12-28(2)13-9-16)18(17)14-20(27-21)29-10-3-4-11-29/h5-7,14,16,26H,1,3-4,8-13H2,2H3. The molecule has 1 aromatic carbocycles. The van der Waals surface area contributed by atoms with Crippen molar-refractivity contribution in [2.75, 3.05) is 43.4 Å². The Bertz CT molecular complexity index is 895. The van der Waals surface area contributed by atoms with Gasteiger partial charge in [-0.15, -0.1) is 0 Å². The van der Waals surface area contributed by atoms with Gasteiger partial charge in [0, 0.05) is 35.6 Å². The first-order valence-electron chi connectivity index (χ1n) is 10.2. The van der Waals surface area contributed by atoms with E-state index in [2.05, 4.69) is 33.7 Å². The number of fused-ring (bicyclic) bond motifs is 1. The number of nitrogens with one attached hydrogen (secondary N) is 1. The molecule has 1 N–H and O–H groups in total. The molecule has 7 heteroatoms. The number of benzene rings is 1. The van der Waals surface area contributed by atoms with E-state index in [-0.39, 0.29) is 5.69 Å². The number of anilines is 2. The first kappa shape index (κ1) is 20.0. The van der Waals surface area contributed by atoms with Crippen molar-refractivity contribution in [3.05, 3.63) is 36.5 Å². The maximum atomic E-state index is 13.5. The molecule has 0 atom stereocenters. The summed E-state index contributed by atoms with van der Waals surface area (Å²) in [5, 5.41) is 4.86. The van der Waals surface area contributed by atoms with E-state index >= 15 is 0 Å². The molecular weight excluding hydrogens is 377 g/mol. The summed E-state index contributed by atoms with van der Waals surface area (Å²) in [5.41, 5.74) is -0.0833. The van der Waals surface area contributed by atoms with Crippen LogP contribution in [0.2, 0.25) is 0 Å². The molecule has 2 aromatic rings. The Morgan fingerprint density at radius 2 is 1.79 bits per heavy atom. The minimum absolute atomic E-state index is 0.0658. The van der Waals surface area contributed by atoms with E-state index in [1.807, 2.05) is 12.1 Å². The molecule has 2 aliphatic heterocycles. The van der Waals surface area contributed by atoms with Crippen molar-refractivity contribution < 1.29 is 13.2 Å². The van der Waals surface area contributed by atoms with Gasteiger partial charge >= 0.3 is 6.18 Å². The number of likely N-dealkylation sites (tertiary alicyclic amines) is 1. The van der Waals surface area contributed by atoms with Crippen molar-refractivity contribution in [2.24, 2.45) is 0 Å². The molecule has 2 aliphatic rings. The number of halogens is 3. The van der Waals surface area contributed by atoms with Crippen molar-refractivity contribution >= 4 is 27.9 Å². The molecule has 156 valence electrons. The minimum atomic E-state index is -4.51. The fourth-order valence-corrected chi connectivity index (χ4v) is 4.23. The van der Waals surface area contributed by atoms with Crippen LogP contribution in [0.5, 0.6) is 0 Å². The highest BCUT2D eigenvalue weighted by Crippen LogP contribution is 2.39. The highest BCUT2D eigenvalue weighted by molar-refractivity contribution is 6.01. The number of hydrogen-bond donors (Lipinski definition) is 1. The van der Waals surface area contributed by atoms with E-state index in [0.29, 0.717) is 17.2 Å². The van der Waals surface area contributed by atoms with Gasteiger partial charge in [0.2, 0.25) is 0 Å². The lowest BCUT2D eigenvalue weighted by Gasteiger charge is -2.30. The first-order chi connectivity index (χ1) is 13.8. The molecule has 0 amide bonds. The third kappa shape index (κ3) is 4.20. The SMILES string of the molecule is C=C(c1nc(N2CCCC2)cc2c(NC3CCN(C)CC3)cccc12)C(F)(F)F. The van der Waals surface area contributed by atoms with Gasteiger partial charge in [-0.2, -0.15) is 13.2 Å². The lowest BCUT2D eigenvalue weighted by atomic mass is 10.0. The lowest BCUT2D eigenvalue weighted by Crippen LogP contribution is -2.36. The number of piperidine rings is 1. The Kier molecular flexibility index (Phi) is 5.42. The van der Waals surface area contributed by atoms with Crippen molar-refractivity contribution in [1.82, 2.24) is 9.88 Å². The van der Waals surface area contributed by atoms with E-state index in [1.54, 1.807) is 12.1 Å². The van der Waals surface area contributed by atoms with Crippen LogP contribution in [0.3, 0.4) is 0 Å². The van der Waals surface area contributed by atoms with Crippen LogP contribution in [-0.4, -0.2) is 55.3 Å². The van der Waals surface area contributed by atoms with E-state index in [0.717, 1.165) is 62.9 Å². The maximum Gasteiger partial charge on any atom is 0.417 e. The van der Waals surface area contributed by atoms with Crippen LogP contribution < -0.4 is 10.2 Å². The molecular formula is C22H27F3N4. The fraction of sp³-hybridized carbons (Fsp3) is 0.500. The second-order valence-corrected chi connectivity index (χ2v) is 8.12. The van der Waals surface area contributed by atoms with Crippen molar-refractivity contribution in [1.29, 1.82) is 0 Å². The molecule has 2 saturated heterocycles.